The Labute approximate surface area is 123 Å². The van der Waals surface area contributed by atoms with E-state index in [0.29, 0.717) is 17.2 Å². The van der Waals surface area contributed by atoms with Crippen LogP contribution in [-0.2, 0) is 13.0 Å². The van der Waals surface area contributed by atoms with Gasteiger partial charge < -0.3 is 9.84 Å². The van der Waals surface area contributed by atoms with E-state index >= 15 is 0 Å². The van der Waals surface area contributed by atoms with Gasteiger partial charge in [-0.3, -0.25) is 4.68 Å². The number of aromatic nitrogens is 2. The first kappa shape index (κ1) is 14.9. The van der Waals surface area contributed by atoms with Crippen LogP contribution >= 0.6 is 11.6 Å². The highest BCUT2D eigenvalue weighted by Gasteiger charge is 2.14. The van der Waals surface area contributed by atoms with Crippen LogP contribution in [0.2, 0.25) is 5.02 Å². The number of ether oxygens (including phenoxy) is 1. The minimum Gasteiger partial charge on any atom is -0.495 e. The van der Waals surface area contributed by atoms with Crippen molar-refractivity contribution in [2.75, 3.05) is 7.11 Å². The fourth-order valence-electron chi connectivity index (χ4n) is 2.24. The van der Waals surface area contributed by atoms with Crippen molar-refractivity contribution in [2.45, 2.75) is 32.9 Å². The van der Waals surface area contributed by atoms with E-state index in [2.05, 4.69) is 5.10 Å². The van der Waals surface area contributed by atoms with Crippen molar-refractivity contribution in [1.29, 1.82) is 0 Å². The van der Waals surface area contributed by atoms with E-state index in [-0.39, 0.29) is 0 Å². The van der Waals surface area contributed by atoms with Gasteiger partial charge in [0.15, 0.2) is 0 Å². The number of halogens is 1. The normalized spacial score (nSPS) is 12.4. The maximum Gasteiger partial charge on any atom is 0.137 e. The zero-order valence-electron chi connectivity index (χ0n) is 11.9. The van der Waals surface area contributed by atoms with Gasteiger partial charge in [-0.15, -0.1) is 0 Å². The van der Waals surface area contributed by atoms with Crippen molar-refractivity contribution in [3.05, 3.63) is 46.2 Å². The van der Waals surface area contributed by atoms with Crippen molar-refractivity contribution in [2.24, 2.45) is 0 Å². The molecule has 0 radical (unpaired) electrons. The molecule has 5 heteroatoms. The molecular formula is C15H19ClN2O2. The smallest absolute Gasteiger partial charge is 0.137 e. The summed E-state index contributed by atoms with van der Waals surface area (Å²) in [5.41, 5.74) is 2.75. The van der Waals surface area contributed by atoms with Crippen molar-refractivity contribution in [1.82, 2.24) is 9.78 Å². The minimum absolute atomic E-state index is 0.504. The van der Waals surface area contributed by atoms with Crippen LogP contribution in [0.25, 0.3) is 0 Å². The van der Waals surface area contributed by atoms with Crippen molar-refractivity contribution in [3.63, 3.8) is 0 Å². The van der Waals surface area contributed by atoms with Crippen LogP contribution < -0.4 is 4.74 Å². The molecule has 2 rings (SSSR count). The summed E-state index contributed by atoms with van der Waals surface area (Å²) in [6, 6.07) is 7.33. The summed E-state index contributed by atoms with van der Waals surface area (Å²) in [4.78, 5) is 0. The lowest BCUT2D eigenvalue weighted by molar-refractivity contribution is 0.175. The predicted molar refractivity (Wildman–Crippen MR) is 79.3 cm³/mol. The molecule has 0 fully saturated rings. The Morgan fingerprint density at radius 1 is 1.40 bits per heavy atom. The molecule has 108 valence electrons. The lowest BCUT2D eigenvalue weighted by Gasteiger charge is -2.13. The lowest BCUT2D eigenvalue weighted by Crippen LogP contribution is -2.08. The lowest BCUT2D eigenvalue weighted by atomic mass is 10.0. The van der Waals surface area contributed by atoms with Crippen molar-refractivity contribution < 1.29 is 9.84 Å². The van der Waals surface area contributed by atoms with Crippen LogP contribution in [0, 0.1) is 6.92 Å². The van der Waals surface area contributed by atoms with E-state index in [9.17, 15) is 5.11 Å². The van der Waals surface area contributed by atoms with Gasteiger partial charge in [0.2, 0.25) is 0 Å². The second-order valence-corrected chi connectivity index (χ2v) is 5.11. The first-order chi connectivity index (χ1) is 9.55. The third-order valence-electron chi connectivity index (χ3n) is 3.25. The van der Waals surface area contributed by atoms with Crippen LogP contribution in [0.15, 0.2) is 24.3 Å². The van der Waals surface area contributed by atoms with E-state index in [1.54, 1.807) is 19.2 Å². The molecule has 4 nitrogen and oxygen atoms in total. The van der Waals surface area contributed by atoms with E-state index < -0.39 is 6.10 Å². The van der Waals surface area contributed by atoms with Crippen LogP contribution in [-0.4, -0.2) is 22.0 Å². The largest absolute Gasteiger partial charge is 0.495 e. The Morgan fingerprint density at radius 2 is 2.15 bits per heavy atom. The summed E-state index contributed by atoms with van der Waals surface area (Å²) in [6.45, 7) is 4.78. The summed E-state index contributed by atoms with van der Waals surface area (Å²) >= 11 is 6.09. The maximum absolute atomic E-state index is 10.4. The Hall–Kier alpha value is -1.52. The van der Waals surface area contributed by atoms with Crippen LogP contribution in [0.5, 0.6) is 5.75 Å². The Balaban J connectivity index is 2.19. The van der Waals surface area contributed by atoms with Gasteiger partial charge in [-0.25, -0.2) is 0 Å². The Bertz CT molecular complexity index is 596. The van der Waals surface area contributed by atoms with E-state index in [1.807, 2.05) is 30.7 Å². The number of rotatable bonds is 5. The SMILES string of the molecule is CCn1nc(C)cc1CC(O)c1ccc(OC)c(Cl)c1. The molecule has 0 bridgehead atoms. The number of aryl methyl sites for hydroxylation is 2. The summed E-state index contributed by atoms with van der Waals surface area (Å²) in [5, 5.41) is 15.2. The van der Waals surface area contributed by atoms with Gasteiger partial charge >= 0.3 is 0 Å². The van der Waals surface area contributed by atoms with Gasteiger partial charge in [-0.2, -0.15) is 5.10 Å². The zero-order valence-corrected chi connectivity index (χ0v) is 12.7. The highest BCUT2D eigenvalue weighted by molar-refractivity contribution is 6.32. The van der Waals surface area contributed by atoms with Crippen LogP contribution in [0.3, 0.4) is 0 Å². The summed E-state index contributed by atoms with van der Waals surface area (Å²) in [7, 11) is 1.57. The van der Waals surface area contributed by atoms with Gasteiger partial charge in [-0.1, -0.05) is 17.7 Å². The molecule has 1 aromatic heterocycles. The molecule has 1 heterocycles. The predicted octanol–water partition coefficient (Wildman–Crippen LogP) is 3.15. The molecule has 1 unspecified atom stereocenters. The standard InChI is InChI=1S/C15H19ClN2O2/c1-4-18-12(7-10(2)17-18)9-14(19)11-5-6-15(20-3)13(16)8-11/h5-8,14,19H,4,9H2,1-3H3. The van der Waals surface area contributed by atoms with Crippen LogP contribution in [0.4, 0.5) is 0 Å². The molecule has 0 saturated heterocycles. The molecule has 0 aliphatic heterocycles. The fraction of sp³-hybridized carbons (Fsp3) is 0.400. The highest BCUT2D eigenvalue weighted by Crippen LogP contribution is 2.28. The second kappa shape index (κ2) is 6.29. The second-order valence-electron chi connectivity index (χ2n) is 4.71. The first-order valence-corrected chi connectivity index (χ1v) is 6.97. The summed E-state index contributed by atoms with van der Waals surface area (Å²) in [5.74, 6) is 0.608. The molecule has 0 amide bonds. The van der Waals surface area contributed by atoms with Gasteiger partial charge in [0, 0.05) is 18.7 Å². The average Bonchev–Trinajstić information content (AvgIpc) is 2.78. The molecule has 20 heavy (non-hydrogen) atoms. The topological polar surface area (TPSA) is 47.3 Å². The highest BCUT2D eigenvalue weighted by atomic mass is 35.5. The van der Waals surface area contributed by atoms with Gasteiger partial charge in [0.1, 0.15) is 5.75 Å². The van der Waals surface area contributed by atoms with Gasteiger partial charge in [-0.05, 0) is 37.6 Å². The monoisotopic (exact) mass is 294 g/mol. The Morgan fingerprint density at radius 3 is 2.75 bits per heavy atom. The molecule has 1 aromatic carbocycles. The quantitative estimate of drug-likeness (QED) is 0.921. The average molecular weight is 295 g/mol. The summed E-state index contributed by atoms with van der Waals surface area (Å²) in [6.07, 6.45) is -0.100. The number of hydrogen-bond donors (Lipinski definition) is 1. The number of aliphatic hydroxyl groups is 1. The molecule has 0 saturated carbocycles. The minimum atomic E-state index is -0.611. The van der Waals surface area contributed by atoms with Gasteiger partial charge in [0.25, 0.3) is 0 Å². The number of methoxy groups -OCH3 is 1. The Kier molecular flexibility index (Phi) is 4.68. The fourth-order valence-corrected chi connectivity index (χ4v) is 2.51. The first-order valence-electron chi connectivity index (χ1n) is 6.60. The molecule has 0 aliphatic carbocycles. The zero-order chi connectivity index (χ0) is 14.7. The number of nitrogens with zero attached hydrogens (tertiary/aromatic N) is 2. The molecule has 2 aromatic rings. The van der Waals surface area contributed by atoms with Gasteiger partial charge in [0.05, 0.1) is 23.9 Å². The van der Waals surface area contributed by atoms with E-state index in [1.165, 1.54) is 0 Å². The van der Waals surface area contributed by atoms with E-state index in [4.69, 9.17) is 16.3 Å². The van der Waals surface area contributed by atoms with Crippen molar-refractivity contribution >= 4 is 11.6 Å². The molecule has 0 aliphatic rings. The summed E-state index contributed by atoms with van der Waals surface area (Å²) < 4.78 is 7.02. The van der Waals surface area contributed by atoms with E-state index in [0.717, 1.165) is 23.5 Å². The number of hydrogen-bond acceptors (Lipinski definition) is 3. The molecular weight excluding hydrogens is 276 g/mol. The number of benzene rings is 1. The van der Waals surface area contributed by atoms with Crippen LogP contribution in [0.1, 0.15) is 30.0 Å². The van der Waals surface area contributed by atoms with Crippen molar-refractivity contribution in [3.8, 4) is 5.75 Å². The molecule has 1 N–H and O–H groups in total. The molecule has 0 spiro atoms. The molecule has 1 atom stereocenters. The third kappa shape index (κ3) is 3.14. The third-order valence-corrected chi connectivity index (χ3v) is 3.54. The number of aliphatic hydroxyl groups excluding tert-OH is 1. The maximum atomic E-state index is 10.4.